The Morgan fingerprint density at radius 3 is 2.46 bits per heavy atom. The van der Waals surface area contributed by atoms with Gasteiger partial charge in [-0.05, 0) is 69.1 Å². The van der Waals surface area contributed by atoms with E-state index >= 15 is 0 Å². The monoisotopic (exact) mass is 625 g/mol. The van der Waals surface area contributed by atoms with Crippen molar-refractivity contribution in [3.05, 3.63) is 42.7 Å². The average Bonchev–Trinajstić information content (AvgIpc) is 3.07. The van der Waals surface area contributed by atoms with Crippen LogP contribution in [-0.4, -0.2) is 105 Å². The lowest BCUT2D eigenvalue weighted by Crippen LogP contribution is -2.61. The molecule has 46 heavy (non-hydrogen) atoms. The highest BCUT2D eigenvalue weighted by Crippen LogP contribution is 2.54. The van der Waals surface area contributed by atoms with Crippen molar-refractivity contribution in [1.29, 1.82) is 0 Å². The van der Waals surface area contributed by atoms with Gasteiger partial charge in [0.05, 0.1) is 41.4 Å². The van der Waals surface area contributed by atoms with Crippen molar-refractivity contribution in [3.8, 4) is 17.0 Å². The van der Waals surface area contributed by atoms with Crippen LogP contribution in [0.4, 0.5) is 23.1 Å². The van der Waals surface area contributed by atoms with Gasteiger partial charge in [0.15, 0.2) is 5.82 Å². The first kappa shape index (κ1) is 29.2. The zero-order valence-corrected chi connectivity index (χ0v) is 26.4. The van der Waals surface area contributed by atoms with Crippen LogP contribution >= 0.6 is 0 Å². The quantitative estimate of drug-likeness (QED) is 0.382. The molecule has 3 aromatic rings. The molecule has 1 aromatic carbocycles. The summed E-state index contributed by atoms with van der Waals surface area (Å²) in [4.78, 5) is 30.8. The molecule has 12 nitrogen and oxygen atoms in total. The SMILES string of the molecule is C[C@@H]1CN(c2cnc(N3CCN4c5cc(-c6ccccc6O)nnc5NC[C@H]4C3)nc2)CCN1[C@H]1CC2(CC[C@H](C(=O)O)CC2)C1. The van der Waals surface area contributed by atoms with Crippen molar-refractivity contribution in [2.45, 2.75) is 63.6 Å². The number of carboxylic acids is 1. The lowest BCUT2D eigenvalue weighted by Gasteiger charge is -2.57. The van der Waals surface area contributed by atoms with Crippen LogP contribution in [0.25, 0.3) is 11.3 Å². The number of carboxylic acid groups (broad SMARTS) is 1. The predicted octanol–water partition coefficient (Wildman–Crippen LogP) is 3.69. The standard InChI is InChI=1S/C34H43N9O3/c1-22-20-40(10-12-42(22)24-15-34(16-24)8-6-23(7-9-34)32(45)46)25-17-36-33(37-18-25)41-11-13-43-26(21-41)19-35-31-29(43)14-28(38-39-31)27-4-2-3-5-30(27)44/h2-5,14,17-18,22-24,26,44H,6-13,15-16,19-21H2,1H3,(H,35,39)(H,45,46)/t22-,23-,24-,26+,34?/m1/s1. The Morgan fingerprint density at radius 1 is 0.957 bits per heavy atom. The maximum Gasteiger partial charge on any atom is 0.306 e. The summed E-state index contributed by atoms with van der Waals surface area (Å²) in [5.74, 6) is 0.996. The van der Waals surface area contributed by atoms with Crippen LogP contribution in [0, 0.1) is 11.3 Å². The van der Waals surface area contributed by atoms with E-state index in [4.69, 9.17) is 9.97 Å². The predicted molar refractivity (Wildman–Crippen MR) is 176 cm³/mol. The van der Waals surface area contributed by atoms with Crippen LogP contribution in [-0.2, 0) is 4.79 Å². The molecule has 8 rings (SSSR count). The number of aliphatic carboxylic acids is 1. The third-order valence-corrected chi connectivity index (χ3v) is 11.4. The summed E-state index contributed by atoms with van der Waals surface area (Å²) < 4.78 is 0. The number of fused-ring (bicyclic) bond motifs is 3. The molecule has 5 aliphatic rings. The number of aromatic nitrogens is 4. The van der Waals surface area contributed by atoms with Gasteiger partial charge in [-0.2, -0.15) is 0 Å². The Balaban J connectivity index is 0.866. The van der Waals surface area contributed by atoms with Crippen molar-refractivity contribution in [3.63, 3.8) is 0 Å². The third kappa shape index (κ3) is 5.26. The van der Waals surface area contributed by atoms with Crippen molar-refractivity contribution in [1.82, 2.24) is 25.1 Å². The number of nitrogens with one attached hydrogen (secondary N) is 1. The van der Waals surface area contributed by atoms with Gasteiger partial charge in [0, 0.05) is 63.5 Å². The van der Waals surface area contributed by atoms with E-state index in [0.29, 0.717) is 28.8 Å². The summed E-state index contributed by atoms with van der Waals surface area (Å²) in [7, 11) is 0. The highest BCUT2D eigenvalue weighted by molar-refractivity contribution is 5.76. The van der Waals surface area contributed by atoms with E-state index in [1.807, 2.05) is 30.6 Å². The van der Waals surface area contributed by atoms with E-state index in [1.165, 1.54) is 12.8 Å². The minimum atomic E-state index is -0.612. The highest BCUT2D eigenvalue weighted by atomic mass is 16.4. The fourth-order valence-electron chi connectivity index (χ4n) is 8.74. The molecule has 2 aromatic heterocycles. The fourth-order valence-corrected chi connectivity index (χ4v) is 8.74. The Bertz CT molecular complexity index is 1590. The van der Waals surface area contributed by atoms with E-state index in [1.54, 1.807) is 12.1 Å². The van der Waals surface area contributed by atoms with Gasteiger partial charge in [-0.1, -0.05) is 12.1 Å². The van der Waals surface area contributed by atoms with Crippen LogP contribution in [0.5, 0.6) is 5.75 Å². The number of aromatic hydroxyl groups is 1. The number of hydrogen-bond donors (Lipinski definition) is 3. The number of hydrogen-bond acceptors (Lipinski definition) is 11. The van der Waals surface area contributed by atoms with Gasteiger partial charge < -0.3 is 30.2 Å². The highest BCUT2D eigenvalue weighted by Gasteiger charge is 2.50. The fraction of sp³-hybridized carbons (Fsp3) is 0.559. The van der Waals surface area contributed by atoms with Gasteiger partial charge in [-0.25, -0.2) is 9.97 Å². The molecular formula is C34H43N9O3. The lowest BCUT2D eigenvalue weighted by molar-refractivity contribution is -0.145. The molecule has 5 heterocycles. The van der Waals surface area contributed by atoms with E-state index in [9.17, 15) is 15.0 Å². The number of phenolic OH excluding ortho intramolecular Hbond substituents is 1. The number of piperazine rings is 2. The van der Waals surface area contributed by atoms with Gasteiger partial charge in [-0.15, -0.1) is 10.2 Å². The first-order valence-corrected chi connectivity index (χ1v) is 16.8. The van der Waals surface area contributed by atoms with Gasteiger partial charge in [0.1, 0.15) is 5.75 Å². The van der Waals surface area contributed by atoms with Gasteiger partial charge in [0.25, 0.3) is 0 Å². The normalized spacial score (nSPS) is 29.5. The number of phenols is 1. The number of nitrogens with zero attached hydrogens (tertiary/aromatic N) is 8. The number of benzene rings is 1. The van der Waals surface area contributed by atoms with Crippen LogP contribution < -0.4 is 20.0 Å². The van der Waals surface area contributed by atoms with Crippen LogP contribution in [0.3, 0.4) is 0 Å². The molecule has 4 fully saturated rings. The van der Waals surface area contributed by atoms with E-state index in [2.05, 4.69) is 42.0 Å². The van der Waals surface area contributed by atoms with E-state index in [-0.39, 0.29) is 17.7 Å². The summed E-state index contributed by atoms with van der Waals surface area (Å²) in [6, 6.07) is 10.6. The molecule has 1 spiro atoms. The number of rotatable bonds is 5. The summed E-state index contributed by atoms with van der Waals surface area (Å²) in [5.41, 5.74) is 3.82. The zero-order chi connectivity index (χ0) is 31.4. The Morgan fingerprint density at radius 2 is 1.72 bits per heavy atom. The second kappa shape index (κ2) is 11.6. The molecule has 2 atom stereocenters. The van der Waals surface area contributed by atoms with Crippen LogP contribution in [0.1, 0.15) is 45.4 Å². The Hall–Kier alpha value is -4.19. The molecule has 3 N–H and O–H groups in total. The minimum Gasteiger partial charge on any atom is -0.507 e. The minimum absolute atomic E-state index is 0.131. The molecule has 0 amide bonds. The summed E-state index contributed by atoms with van der Waals surface area (Å²) in [6.45, 7) is 8.49. The molecule has 0 radical (unpaired) electrons. The van der Waals surface area contributed by atoms with E-state index in [0.717, 1.165) is 94.6 Å². The van der Waals surface area contributed by atoms with E-state index < -0.39 is 5.97 Å². The van der Waals surface area contributed by atoms with Gasteiger partial charge in [-0.3, -0.25) is 9.69 Å². The first-order valence-electron chi connectivity index (χ1n) is 16.8. The molecule has 12 heteroatoms. The van der Waals surface area contributed by atoms with Crippen LogP contribution in [0.15, 0.2) is 42.7 Å². The molecule has 0 bridgehead atoms. The molecule has 2 saturated heterocycles. The van der Waals surface area contributed by atoms with Crippen molar-refractivity contribution >= 4 is 29.1 Å². The second-order valence-electron chi connectivity index (χ2n) is 14.1. The molecular weight excluding hydrogens is 582 g/mol. The number of carbonyl (C=O) groups is 1. The smallest absolute Gasteiger partial charge is 0.306 e. The molecule has 2 saturated carbocycles. The molecule has 2 aliphatic carbocycles. The largest absolute Gasteiger partial charge is 0.507 e. The Labute approximate surface area is 269 Å². The zero-order valence-electron chi connectivity index (χ0n) is 26.4. The summed E-state index contributed by atoms with van der Waals surface area (Å²) >= 11 is 0. The van der Waals surface area contributed by atoms with Crippen molar-refractivity contribution < 1.29 is 15.0 Å². The Kier molecular flexibility index (Phi) is 7.34. The number of anilines is 4. The first-order chi connectivity index (χ1) is 22.4. The van der Waals surface area contributed by atoms with Crippen LogP contribution in [0.2, 0.25) is 0 Å². The summed E-state index contributed by atoms with van der Waals surface area (Å²) in [5, 5.41) is 32.0. The lowest BCUT2D eigenvalue weighted by atomic mass is 9.56. The van der Waals surface area contributed by atoms with Crippen molar-refractivity contribution in [2.75, 3.05) is 65.8 Å². The maximum atomic E-state index is 11.4. The van der Waals surface area contributed by atoms with Crippen molar-refractivity contribution in [2.24, 2.45) is 11.3 Å². The maximum absolute atomic E-state index is 11.4. The average molecular weight is 626 g/mol. The molecule has 242 valence electrons. The van der Waals surface area contributed by atoms with Gasteiger partial charge >= 0.3 is 5.97 Å². The molecule has 0 unspecified atom stereocenters. The molecule has 3 aliphatic heterocycles. The summed E-state index contributed by atoms with van der Waals surface area (Å²) in [6.07, 6.45) is 10.3. The van der Waals surface area contributed by atoms with Gasteiger partial charge in [0.2, 0.25) is 5.95 Å². The number of para-hydroxylation sites is 1. The second-order valence-corrected chi connectivity index (χ2v) is 14.1. The topological polar surface area (TPSA) is 134 Å². The third-order valence-electron chi connectivity index (χ3n) is 11.4.